The van der Waals surface area contributed by atoms with Crippen molar-refractivity contribution in [3.8, 4) is 44.5 Å². The molecule has 0 N–H and O–H groups in total. The Morgan fingerprint density at radius 2 is 0.786 bits per heavy atom. The fraction of sp³-hybridized carbons (Fsp3) is 0. The maximum Gasteiger partial charge on any atom is 0.143 e. The van der Waals surface area contributed by atoms with Crippen LogP contribution in [0.25, 0.3) is 121 Å². The molecule has 2 nitrogen and oxygen atoms in total. The molecule has 0 atom stereocenters. The lowest BCUT2D eigenvalue weighted by Crippen LogP contribution is -1.93. The van der Waals surface area contributed by atoms with Crippen LogP contribution in [0, 0.1) is 0 Å². The van der Waals surface area contributed by atoms with Crippen LogP contribution in [0.1, 0.15) is 0 Å². The minimum atomic E-state index is 0.869. The molecule has 0 fully saturated rings. The van der Waals surface area contributed by atoms with Crippen molar-refractivity contribution in [1.82, 2.24) is 0 Å². The van der Waals surface area contributed by atoms with Crippen molar-refractivity contribution < 1.29 is 8.83 Å². The van der Waals surface area contributed by atoms with E-state index in [1.54, 1.807) is 0 Å². The molecular formula is C54H32O2. The summed E-state index contributed by atoms with van der Waals surface area (Å²) in [6.45, 7) is 0. The van der Waals surface area contributed by atoms with Crippen molar-refractivity contribution in [2.24, 2.45) is 0 Å². The third kappa shape index (κ3) is 4.50. The van der Waals surface area contributed by atoms with E-state index in [0.717, 1.165) is 60.6 Å². The smallest absolute Gasteiger partial charge is 0.143 e. The molecule has 56 heavy (non-hydrogen) atoms. The van der Waals surface area contributed by atoms with Gasteiger partial charge < -0.3 is 8.83 Å². The van der Waals surface area contributed by atoms with E-state index in [9.17, 15) is 0 Å². The first-order valence-electron chi connectivity index (χ1n) is 19.2. The van der Waals surface area contributed by atoms with Gasteiger partial charge in [0.2, 0.25) is 0 Å². The molecule has 0 amide bonds. The largest absolute Gasteiger partial charge is 0.456 e. The SMILES string of the molecule is c1ccc(-c2cc(-c3c4ccccc4c(-c4ccc(-c5cccc6oc7ccccc7c56)c5oc6ccccc6c45)c4ccccc34)c3ccccc3c2)cc1. The monoisotopic (exact) mass is 712 g/mol. The van der Waals surface area contributed by atoms with Crippen LogP contribution in [0.4, 0.5) is 0 Å². The summed E-state index contributed by atoms with van der Waals surface area (Å²) in [6.07, 6.45) is 0. The maximum absolute atomic E-state index is 6.93. The topological polar surface area (TPSA) is 26.3 Å². The van der Waals surface area contributed by atoms with E-state index in [2.05, 4.69) is 182 Å². The summed E-state index contributed by atoms with van der Waals surface area (Å²) in [4.78, 5) is 0. The van der Waals surface area contributed by atoms with Gasteiger partial charge in [-0.2, -0.15) is 0 Å². The minimum Gasteiger partial charge on any atom is -0.456 e. The first kappa shape index (κ1) is 31.0. The van der Waals surface area contributed by atoms with Crippen LogP contribution in [-0.2, 0) is 0 Å². The number of furan rings is 2. The van der Waals surface area contributed by atoms with Crippen LogP contribution in [0.2, 0.25) is 0 Å². The van der Waals surface area contributed by atoms with Crippen LogP contribution >= 0.6 is 0 Å². The summed E-state index contributed by atoms with van der Waals surface area (Å²) in [5.74, 6) is 0. The van der Waals surface area contributed by atoms with E-state index >= 15 is 0 Å². The molecule has 260 valence electrons. The van der Waals surface area contributed by atoms with Crippen LogP contribution < -0.4 is 0 Å². The average molecular weight is 713 g/mol. The molecule has 0 aliphatic carbocycles. The van der Waals surface area contributed by atoms with Gasteiger partial charge in [-0.15, -0.1) is 0 Å². The normalized spacial score (nSPS) is 11.9. The fourth-order valence-electron chi connectivity index (χ4n) is 9.27. The fourth-order valence-corrected chi connectivity index (χ4v) is 9.27. The molecule has 0 saturated heterocycles. The number of rotatable bonds is 4. The highest BCUT2D eigenvalue weighted by Crippen LogP contribution is 2.50. The summed E-state index contributed by atoms with van der Waals surface area (Å²) in [5.41, 5.74) is 12.9. The van der Waals surface area contributed by atoms with Crippen molar-refractivity contribution in [2.75, 3.05) is 0 Å². The quantitative estimate of drug-likeness (QED) is 0.170. The summed E-state index contributed by atoms with van der Waals surface area (Å²) < 4.78 is 13.3. The first-order chi connectivity index (χ1) is 27.8. The molecular weight excluding hydrogens is 681 g/mol. The molecule has 0 radical (unpaired) electrons. The van der Waals surface area contributed by atoms with Crippen molar-refractivity contribution in [2.45, 2.75) is 0 Å². The van der Waals surface area contributed by atoms with Gasteiger partial charge >= 0.3 is 0 Å². The summed E-state index contributed by atoms with van der Waals surface area (Å²) in [6, 6.07) is 69.8. The second-order valence-electron chi connectivity index (χ2n) is 14.7. The minimum absolute atomic E-state index is 0.869. The third-order valence-electron chi connectivity index (χ3n) is 11.7. The van der Waals surface area contributed by atoms with Crippen molar-refractivity contribution in [1.29, 1.82) is 0 Å². The molecule has 2 heteroatoms. The van der Waals surface area contributed by atoms with E-state index in [1.807, 2.05) is 12.1 Å². The Morgan fingerprint density at radius 1 is 0.268 bits per heavy atom. The predicted molar refractivity (Wildman–Crippen MR) is 235 cm³/mol. The number of fused-ring (bicyclic) bond motifs is 9. The predicted octanol–water partition coefficient (Wildman–Crippen LogP) is 15.6. The highest BCUT2D eigenvalue weighted by molar-refractivity contribution is 6.28. The van der Waals surface area contributed by atoms with Gasteiger partial charge in [0.25, 0.3) is 0 Å². The van der Waals surface area contributed by atoms with Gasteiger partial charge in [0, 0.05) is 27.1 Å². The zero-order chi connectivity index (χ0) is 36.7. The van der Waals surface area contributed by atoms with Gasteiger partial charge in [0.15, 0.2) is 0 Å². The average Bonchev–Trinajstić information content (AvgIpc) is 3.85. The molecule has 12 aromatic rings. The lowest BCUT2D eigenvalue weighted by molar-refractivity contribution is 0.668. The number of hydrogen-bond donors (Lipinski definition) is 0. The zero-order valence-electron chi connectivity index (χ0n) is 30.3. The van der Waals surface area contributed by atoms with Crippen LogP contribution in [-0.4, -0.2) is 0 Å². The highest BCUT2D eigenvalue weighted by atomic mass is 16.3. The van der Waals surface area contributed by atoms with Gasteiger partial charge in [-0.1, -0.05) is 158 Å². The summed E-state index contributed by atoms with van der Waals surface area (Å²) in [5, 5.41) is 11.7. The molecule has 0 bridgehead atoms. The lowest BCUT2D eigenvalue weighted by atomic mass is 9.82. The Balaban J connectivity index is 1.20. The van der Waals surface area contributed by atoms with Crippen LogP contribution in [0.5, 0.6) is 0 Å². The Labute approximate surface area is 322 Å². The number of hydrogen-bond acceptors (Lipinski definition) is 2. The summed E-state index contributed by atoms with van der Waals surface area (Å²) in [7, 11) is 0. The Bertz CT molecular complexity index is 3470. The molecule has 0 aliphatic heterocycles. The molecule has 0 unspecified atom stereocenters. The Hall–Kier alpha value is -7.42. The highest BCUT2D eigenvalue weighted by Gasteiger charge is 2.24. The zero-order valence-corrected chi connectivity index (χ0v) is 30.3. The molecule has 0 aliphatic rings. The van der Waals surface area contributed by atoms with E-state index in [-0.39, 0.29) is 0 Å². The van der Waals surface area contributed by atoms with Gasteiger partial charge in [0.1, 0.15) is 22.3 Å². The molecule has 0 saturated carbocycles. The van der Waals surface area contributed by atoms with Crippen molar-refractivity contribution >= 4 is 76.2 Å². The second-order valence-corrected chi connectivity index (χ2v) is 14.7. The van der Waals surface area contributed by atoms with E-state index in [0.29, 0.717) is 0 Å². The van der Waals surface area contributed by atoms with Crippen LogP contribution in [0.15, 0.2) is 203 Å². The van der Waals surface area contributed by atoms with Crippen LogP contribution in [0.3, 0.4) is 0 Å². The van der Waals surface area contributed by atoms with Gasteiger partial charge in [0.05, 0.1) is 0 Å². The van der Waals surface area contributed by atoms with Crippen molar-refractivity contribution in [3.05, 3.63) is 194 Å². The first-order valence-corrected chi connectivity index (χ1v) is 19.2. The molecule has 2 aromatic heterocycles. The molecule has 2 heterocycles. The second kappa shape index (κ2) is 12.0. The van der Waals surface area contributed by atoms with Gasteiger partial charge in [-0.3, -0.25) is 0 Å². The molecule has 10 aromatic carbocycles. The van der Waals surface area contributed by atoms with Gasteiger partial charge in [-0.05, 0) is 108 Å². The van der Waals surface area contributed by atoms with E-state index in [1.165, 1.54) is 60.1 Å². The number of benzene rings is 10. The molecule has 12 rings (SSSR count). The van der Waals surface area contributed by atoms with Crippen molar-refractivity contribution in [3.63, 3.8) is 0 Å². The number of para-hydroxylation sites is 2. The molecule has 0 spiro atoms. The third-order valence-corrected chi connectivity index (χ3v) is 11.7. The maximum atomic E-state index is 6.93. The van der Waals surface area contributed by atoms with E-state index < -0.39 is 0 Å². The Kier molecular flexibility index (Phi) is 6.66. The van der Waals surface area contributed by atoms with Gasteiger partial charge in [-0.25, -0.2) is 0 Å². The lowest BCUT2D eigenvalue weighted by Gasteiger charge is -2.20. The summed E-state index contributed by atoms with van der Waals surface area (Å²) >= 11 is 0. The standard InChI is InChI=1S/C54H32O2/c1-2-15-33(16-3-1)35-31-34-17-4-5-18-36(34)46(32-35)51-39-21-8-6-19-37(39)50(38-20-7-9-22-40(38)51)45-30-29-42(54-53(45)44-24-11-13-27-48(44)56-54)41-25-14-28-49-52(41)43-23-10-12-26-47(43)55-49/h1-32H. The van der Waals surface area contributed by atoms with E-state index in [4.69, 9.17) is 8.83 Å². The Morgan fingerprint density at radius 3 is 1.48 bits per heavy atom.